The normalized spacial score (nSPS) is 11.0. The maximum Gasteiger partial charge on any atom is 0.160 e. The van der Waals surface area contributed by atoms with Gasteiger partial charge in [0.1, 0.15) is 6.33 Å². The molecule has 0 atom stereocenters. The molecule has 232 valence electrons. The monoisotopic (exact) mass is 629 g/mol. The van der Waals surface area contributed by atoms with Crippen molar-refractivity contribution >= 4 is 0 Å². The van der Waals surface area contributed by atoms with Crippen LogP contribution in [0.25, 0.3) is 78.5 Å². The highest BCUT2D eigenvalue weighted by molar-refractivity contribution is 5.82. The zero-order chi connectivity index (χ0) is 33.0. The van der Waals surface area contributed by atoms with Crippen molar-refractivity contribution in [2.24, 2.45) is 0 Å². The molecule has 5 heteroatoms. The predicted molar refractivity (Wildman–Crippen MR) is 198 cm³/mol. The lowest BCUT2D eigenvalue weighted by atomic mass is 9.94. The minimum absolute atomic E-state index is 0.670. The zero-order valence-electron chi connectivity index (χ0n) is 26.9. The first-order chi connectivity index (χ1) is 24.2. The van der Waals surface area contributed by atoms with E-state index in [4.69, 9.17) is 9.97 Å². The summed E-state index contributed by atoms with van der Waals surface area (Å²) in [7, 11) is 0. The summed E-state index contributed by atoms with van der Waals surface area (Å²) in [5.74, 6) is 0.670. The van der Waals surface area contributed by atoms with E-state index < -0.39 is 0 Å². The second-order valence-corrected chi connectivity index (χ2v) is 11.9. The van der Waals surface area contributed by atoms with E-state index in [1.54, 1.807) is 12.5 Å². The Bertz CT molecular complexity index is 2300. The van der Waals surface area contributed by atoms with Crippen LogP contribution in [-0.4, -0.2) is 24.9 Å². The van der Waals surface area contributed by atoms with Gasteiger partial charge in [0.25, 0.3) is 0 Å². The van der Waals surface area contributed by atoms with Crippen molar-refractivity contribution in [3.05, 3.63) is 176 Å². The fourth-order valence-electron chi connectivity index (χ4n) is 6.11. The summed E-state index contributed by atoms with van der Waals surface area (Å²) < 4.78 is 0. The molecular formula is C44H31N5. The van der Waals surface area contributed by atoms with Crippen molar-refractivity contribution < 1.29 is 0 Å². The summed E-state index contributed by atoms with van der Waals surface area (Å²) in [6, 6.07) is 52.5. The van der Waals surface area contributed by atoms with Crippen molar-refractivity contribution in [1.29, 1.82) is 0 Å². The minimum atomic E-state index is 0.670. The van der Waals surface area contributed by atoms with E-state index in [1.807, 2.05) is 61.7 Å². The van der Waals surface area contributed by atoms with Crippen LogP contribution >= 0.6 is 0 Å². The van der Waals surface area contributed by atoms with Crippen LogP contribution in [0.4, 0.5) is 0 Å². The summed E-state index contributed by atoms with van der Waals surface area (Å²) in [5.41, 5.74) is 14.3. The number of pyridine rings is 1. The third-order valence-electron chi connectivity index (χ3n) is 8.69. The van der Waals surface area contributed by atoms with Gasteiger partial charge in [0.05, 0.1) is 17.1 Å². The molecule has 0 fully saturated rings. The van der Waals surface area contributed by atoms with Crippen molar-refractivity contribution in [2.45, 2.75) is 6.92 Å². The fraction of sp³-hybridized carbons (Fsp3) is 0.0227. The summed E-state index contributed by atoms with van der Waals surface area (Å²) in [6.45, 7) is 2.04. The van der Waals surface area contributed by atoms with Gasteiger partial charge in [-0.15, -0.1) is 0 Å². The Morgan fingerprint density at radius 2 is 0.898 bits per heavy atom. The molecule has 0 spiro atoms. The zero-order valence-corrected chi connectivity index (χ0v) is 26.9. The van der Waals surface area contributed by atoms with Crippen LogP contribution in [0.2, 0.25) is 0 Å². The topological polar surface area (TPSA) is 64.5 Å². The van der Waals surface area contributed by atoms with E-state index in [-0.39, 0.29) is 0 Å². The summed E-state index contributed by atoms with van der Waals surface area (Å²) in [6.07, 6.45) is 5.17. The lowest BCUT2D eigenvalue weighted by Crippen LogP contribution is -1.97. The molecule has 0 N–H and O–H groups in total. The van der Waals surface area contributed by atoms with E-state index >= 15 is 0 Å². The highest BCUT2D eigenvalue weighted by Gasteiger charge is 2.14. The highest BCUT2D eigenvalue weighted by Crippen LogP contribution is 2.35. The smallest absolute Gasteiger partial charge is 0.160 e. The SMILES string of the molecule is Cc1ncccc1-c1ccc(-c2cc(-c3ccc(-c4ccncn4)cc3)cc(-c3nc(-c4ccccc4)cc(-c4ccccc4)n3)c2)cc1. The van der Waals surface area contributed by atoms with Crippen LogP contribution < -0.4 is 0 Å². The molecule has 0 bridgehead atoms. The molecule has 0 aliphatic heterocycles. The molecule has 3 heterocycles. The van der Waals surface area contributed by atoms with Gasteiger partial charge in [-0.05, 0) is 71.1 Å². The molecule has 0 saturated heterocycles. The van der Waals surface area contributed by atoms with Crippen LogP contribution in [0.5, 0.6) is 0 Å². The first kappa shape index (κ1) is 29.8. The third-order valence-corrected chi connectivity index (χ3v) is 8.69. The quantitative estimate of drug-likeness (QED) is 0.175. The average molecular weight is 630 g/mol. The van der Waals surface area contributed by atoms with Gasteiger partial charge in [-0.1, -0.05) is 115 Å². The molecule has 0 aliphatic rings. The first-order valence-corrected chi connectivity index (χ1v) is 16.2. The van der Waals surface area contributed by atoms with E-state index in [9.17, 15) is 0 Å². The molecule has 49 heavy (non-hydrogen) atoms. The molecule has 8 rings (SSSR count). The van der Waals surface area contributed by atoms with Gasteiger partial charge in [-0.25, -0.2) is 19.9 Å². The van der Waals surface area contributed by atoms with Gasteiger partial charge in [-0.3, -0.25) is 4.98 Å². The molecule has 3 aromatic heterocycles. The Balaban J connectivity index is 1.28. The van der Waals surface area contributed by atoms with E-state index in [0.717, 1.165) is 78.4 Å². The van der Waals surface area contributed by atoms with E-state index in [1.165, 1.54) is 0 Å². The molecule has 5 aromatic carbocycles. The summed E-state index contributed by atoms with van der Waals surface area (Å²) in [5, 5.41) is 0. The molecule has 0 amide bonds. The second kappa shape index (κ2) is 13.3. The summed E-state index contributed by atoms with van der Waals surface area (Å²) >= 11 is 0. The lowest BCUT2D eigenvalue weighted by Gasteiger charge is -2.14. The number of rotatable bonds is 7. The number of nitrogens with zero attached hydrogens (tertiary/aromatic N) is 5. The molecule has 8 aromatic rings. The minimum Gasteiger partial charge on any atom is -0.261 e. The van der Waals surface area contributed by atoms with Gasteiger partial charge in [0, 0.05) is 45.9 Å². The van der Waals surface area contributed by atoms with Gasteiger partial charge in [0.2, 0.25) is 0 Å². The van der Waals surface area contributed by atoms with Crippen molar-refractivity contribution in [3.63, 3.8) is 0 Å². The van der Waals surface area contributed by atoms with Crippen LogP contribution in [0.3, 0.4) is 0 Å². The van der Waals surface area contributed by atoms with Crippen LogP contribution in [0.15, 0.2) is 170 Å². The predicted octanol–water partition coefficient (Wildman–Crippen LogP) is 10.6. The van der Waals surface area contributed by atoms with Gasteiger partial charge >= 0.3 is 0 Å². The number of aromatic nitrogens is 5. The molecular weight excluding hydrogens is 599 g/mol. The Hall–Kier alpha value is -6.59. The Labute approximate surface area is 285 Å². The third kappa shape index (κ3) is 6.38. The molecule has 0 saturated carbocycles. The Kier molecular flexibility index (Phi) is 8.06. The molecule has 0 radical (unpaired) electrons. The molecule has 0 aliphatic carbocycles. The lowest BCUT2D eigenvalue weighted by molar-refractivity contribution is 1.17. The number of aryl methyl sites for hydroxylation is 1. The first-order valence-electron chi connectivity index (χ1n) is 16.2. The number of hydrogen-bond acceptors (Lipinski definition) is 5. The molecule has 0 unspecified atom stereocenters. The summed E-state index contributed by atoms with van der Waals surface area (Å²) in [4.78, 5) is 23.3. The maximum absolute atomic E-state index is 5.15. The largest absolute Gasteiger partial charge is 0.261 e. The standard InChI is InChI=1S/C44H31N5/c1-30-40(13-8-23-46-30)33-18-14-31(15-19-33)37-25-38(32-16-20-36(21-17-32)41-22-24-45-29-47-41)27-39(26-37)44-48-42(34-9-4-2-5-10-34)28-43(49-44)35-11-6-3-7-12-35/h2-29H,1H3. The van der Waals surface area contributed by atoms with Gasteiger partial charge in [0.15, 0.2) is 5.82 Å². The fourth-order valence-corrected chi connectivity index (χ4v) is 6.11. The van der Waals surface area contributed by atoms with Crippen molar-refractivity contribution in [2.75, 3.05) is 0 Å². The van der Waals surface area contributed by atoms with E-state index in [0.29, 0.717) is 5.82 Å². The average Bonchev–Trinajstić information content (AvgIpc) is 3.19. The number of benzene rings is 5. The van der Waals surface area contributed by atoms with Crippen LogP contribution in [0, 0.1) is 6.92 Å². The van der Waals surface area contributed by atoms with Crippen LogP contribution in [-0.2, 0) is 0 Å². The Morgan fingerprint density at radius 1 is 0.367 bits per heavy atom. The van der Waals surface area contributed by atoms with Gasteiger partial charge < -0.3 is 0 Å². The number of hydrogen-bond donors (Lipinski definition) is 0. The highest BCUT2D eigenvalue weighted by atomic mass is 14.9. The Morgan fingerprint density at radius 3 is 1.45 bits per heavy atom. The maximum atomic E-state index is 5.15. The van der Waals surface area contributed by atoms with Crippen molar-refractivity contribution in [1.82, 2.24) is 24.9 Å². The van der Waals surface area contributed by atoms with E-state index in [2.05, 4.69) is 118 Å². The second-order valence-electron chi connectivity index (χ2n) is 11.9. The van der Waals surface area contributed by atoms with Crippen LogP contribution in [0.1, 0.15) is 5.69 Å². The van der Waals surface area contributed by atoms with Crippen molar-refractivity contribution in [3.8, 4) is 78.5 Å². The molecule has 5 nitrogen and oxygen atoms in total. The van der Waals surface area contributed by atoms with Gasteiger partial charge in [-0.2, -0.15) is 0 Å².